The molecule has 0 bridgehead atoms. The van der Waals surface area contributed by atoms with Crippen molar-refractivity contribution in [2.75, 3.05) is 39.6 Å². The number of nitrogens with zero attached hydrogens (tertiary/aromatic N) is 1. The van der Waals surface area contributed by atoms with Crippen molar-refractivity contribution in [2.24, 2.45) is 0 Å². The molecule has 24 heavy (non-hydrogen) atoms. The average molecular weight is 328 g/mol. The summed E-state index contributed by atoms with van der Waals surface area (Å²) in [6.45, 7) is 0.509. The number of benzene rings is 2. The molecular weight excluding hydrogens is 302 g/mol. The van der Waals surface area contributed by atoms with Crippen LogP contribution in [0.1, 0.15) is 11.6 Å². The fourth-order valence-electron chi connectivity index (χ4n) is 2.48. The van der Waals surface area contributed by atoms with E-state index in [4.69, 9.17) is 4.74 Å². The summed E-state index contributed by atoms with van der Waals surface area (Å²) in [4.78, 5) is 15.3. The van der Waals surface area contributed by atoms with Gasteiger partial charge in [-0.15, -0.1) is 0 Å². The average Bonchev–Trinajstić information content (AvgIpc) is 2.56. The number of nitrogens with one attached hydrogen (secondary N) is 2. The summed E-state index contributed by atoms with van der Waals surface area (Å²) >= 11 is 0. The smallest absolute Gasteiger partial charge is 0.410 e. The van der Waals surface area contributed by atoms with E-state index in [2.05, 4.69) is 48.6 Å². The van der Waals surface area contributed by atoms with Gasteiger partial charge in [0.2, 0.25) is 0 Å². The van der Waals surface area contributed by atoms with Gasteiger partial charge in [0.25, 0.3) is 0 Å². The topological polar surface area (TPSA) is 46.0 Å². The van der Waals surface area contributed by atoms with E-state index in [0.717, 1.165) is 5.69 Å². The zero-order chi connectivity index (χ0) is 17.5. The van der Waals surface area contributed by atoms with Gasteiger partial charge in [0.15, 0.2) is 0 Å². The molecule has 0 aliphatic heterocycles. The van der Waals surface area contributed by atoms with Crippen LogP contribution in [0.2, 0.25) is 0 Å². The van der Waals surface area contributed by atoms with E-state index < -0.39 is 6.09 Å². The third-order valence-corrected chi connectivity index (χ3v) is 3.91. The van der Waals surface area contributed by atoms with Crippen molar-refractivity contribution >= 4 is 11.8 Å². The first-order valence-electron chi connectivity index (χ1n) is 8.05. The molecule has 2 N–H and O–H groups in total. The Morgan fingerprint density at radius 2 is 1.71 bits per heavy atom. The number of hydrogen-bond donors (Lipinski definition) is 2. The molecular formula is C19H26N3O2+. The van der Waals surface area contributed by atoms with Gasteiger partial charge in [-0.25, -0.2) is 4.79 Å². The van der Waals surface area contributed by atoms with Crippen LogP contribution in [0.4, 0.5) is 10.5 Å². The van der Waals surface area contributed by atoms with Crippen LogP contribution in [-0.2, 0) is 0 Å². The first kappa shape index (κ1) is 17.8. The van der Waals surface area contributed by atoms with Crippen LogP contribution >= 0.6 is 0 Å². The zero-order valence-corrected chi connectivity index (χ0v) is 14.7. The van der Waals surface area contributed by atoms with Gasteiger partial charge in [0.05, 0.1) is 20.6 Å². The third-order valence-electron chi connectivity index (χ3n) is 3.91. The van der Waals surface area contributed by atoms with Crippen LogP contribution in [0.15, 0.2) is 54.6 Å². The van der Waals surface area contributed by atoms with Crippen molar-refractivity contribution < 1.29 is 14.4 Å². The van der Waals surface area contributed by atoms with E-state index in [-0.39, 0.29) is 6.04 Å². The number of carbonyl (C=O) groups is 1. The molecule has 0 aliphatic carbocycles. The highest BCUT2D eigenvalue weighted by Gasteiger charge is 2.19. The van der Waals surface area contributed by atoms with Crippen LogP contribution in [0.3, 0.4) is 0 Å². The Balaban J connectivity index is 1.97. The molecule has 2 rings (SSSR count). The largest absolute Gasteiger partial charge is 0.412 e. The molecule has 1 atom stereocenters. The van der Waals surface area contributed by atoms with Gasteiger partial charge >= 0.3 is 6.09 Å². The highest BCUT2D eigenvalue weighted by Crippen LogP contribution is 2.16. The van der Waals surface area contributed by atoms with Gasteiger partial charge in [0, 0.05) is 25.3 Å². The Labute approximate surface area is 143 Å². The summed E-state index contributed by atoms with van der Waals surface area (Å²) < 4.78 is 5.26. The lowest BCUT2D eigenvalue weighted by Gasteiger charge is -2.23. The van der Waals surface area contributed by atoms with Crippen molar-refractivity contribution in [3.8, 4) is 5.75 Å². The number of hydrogen-bond acceptors (Lipinski definition) is 3. The van der Waals surface area contributed by atoms with Crippen molar-refractivity contribution in [3.05, 3.63) is 60.2 Å². The number of quaternary nitrogens is 1. The monoisotopic (exact) mass is 328 g/mol. The maximum atomic E-state index is 12.0. The molecule has 0 aromatic heterocycles. The zero-order valence-electron chi connectivity index (χ0n) is 14.7. The minimum Gasteiger partial charge on any atom is -0.410 e. The summed E-state index contributed by atoms with van der Waals surface area (Å²) in [6.07, 6.45) is -0.433. The Kier molecular flexibility index (Phi) is 6.21. The van der Waals surface area contributed by atoms with E-state index in [1.807, 2.05) is 32.3 Å². The maximum Gasteiger partial charge on any atom is 0.412 e. The van der Waals surface area contributed by atoms with Crippen LogP contribution in [0.25, 0.3) is 0 Å². The lowest BCUT2D eigenvalue weighted by molar-refractivity contribution is -0.890. The normalized spacial score (nSPS) is 11.9. The number of para-hydroxylation sites is 1. The molecule has 0 aliphatic rings. The van der Waals surface area contributed by atoms with Crippen LogP contribution < -0.4 is 19.9 Å². The standard InChI is InChI=1S/C19H25N3O2/c1-21(2)16-12-10-15(11-13-16)18(22(3)4)14-20-19(23)24-17-8-6-5-7-9-17/h5-13,18H,14H2,1-4H3,(H,20,23)/p+1/t18-/m1/s1. The lowest BCUT2D eigenvalue weighted by Crippen LogP contribution is -3.07. The van der Waals surface area contributed by atoms with Gasteiger partial charge < -0.3 is 19.9 Å². The molecule has 0 spiro atoms. The highest BCUT2D eigenvalue weighted by atomic mass is 16.6. The first-order valence-corrected chi connectivity index (χ1v) is 8.05. The maximum absolute atomic E-state index is 12.0. The SMILES string of the molecule is CN(C)c1ccc([C@@H](CNC(=O)Oc2ccccc2)[NH+](C)C)cc1. The molecule has 0 saturated carbocycles. The molecule has 0 heterocycles. The molecule has 5 nitrogen and oxygen atoms in total. The van der Waals surface area contributed by atoms with Crippen LogP contribution in [-0.4, -0.2) is 40.8 Å². The number of anilines is 1. The highest BCUT2D eigenvalue weighted by molar-refractivity contribution is 5.70. The molecule has 5 heteroatoms. The van der Waals surface area contributed by atoms with E-state index in [1.54, 1.807) is 12.1 Å². The van der Waals surface area contributed by atoms with Gasteiger partial charge in [-0.2, -0.15) is 0 Å². The minimum absolute atomic E-state index is 0.157. The summed E-state index contributed by atoms with van der Waals surface area (Å²) in [7, 11) is 8.19. The summed E-state index contributed by atoms with van der Waals surface area (Å²) in [5.74, 6) is 0.541. The molecule has 0 saturated heterocycles. The third kappa shape index (κ3) is 4.99. The van der Waals surface area contributed by atoms with Crippen molar-refractivity contribution in [2.45, 2.75) is 6.04 Å². The molecule has 0 radical (unpaired) electrons. The number of amides is 1. The fraction of sp³-hybridized carbons (Fsp3) is 0.316. The van der Waals surface area contributed by atoms with Crippen molar-refractivity contribution in [1.82, 2.24) is 5.32 Å². The Hall–Kier alpha value is -2.53. The number of likely N-dealkylation sites (N-methyl/N-ethyl adjacent to an activating group) is 1. The van der Waals surface area contributed by atoms with Crippen LogP contribution in [0.5, 0.6) is 5.75 Å². The molecule has 1 amide bonds. The lowest BCUT2D eigenvalue weighted by atomic mass is 10.1. The second kappa shape index (κ2) is 8.36. The predicted molar refractivity (Wildman–Crippen MR) is 96.8 cm³/mol. The Morgan fingerprint density at radius 3 is 2.25 bits per heavy atom. The summed E-state index contributed by atoms with van der Waals surface area (Å²) in [5, 5.41) is 2.86. The molecule has 0 unspecified atom stereocenters. The van der Waals surface area contributed by atoms with Gasteiger partial charge in [0.1, 0.15) is 11.8 Å². The Morgan fingerprint density at radius 1 is 1.08 bits per heavy atom. The molecule has 0 fully saturated rings. The molecule has 2 aromatic carbocycles. The van der Waals surface area contributed by atoms with E-state index in [0.29, 0.717) is 12.3 Å². The van der Waals surface area contributed by atoms with Crippen LogP contribution in [0, 0.1) is 0 Å². The van der Waals surface area contributed by atoms with Gasteiger partial charge in [-0.1, -0.05) is 30.3 Å². The second-order valence-corrected chi connectivity index (χ2v) is 6.20. The van der Waals surface area contributed by atoms with Crippen molar-refractivity contribution in [3.63, 3.8) is 0 Å². The van der Waals surface area contributed by atoms with Crippen molar-refractivity contribution in [1.29, 1.82) is 0 Å². The molecule has 2 aromatic rings. The fourth-order valence-corrected chi connectivity index (χ4v) is 2.48. The van der Waals surface area contributed by atoms with E-state index in [1.165, 1.54) is 10.5 Å². The number of rotatable bonds is 6. The Bertz CT molecular complexity index is 639. The quantitative estimate of drug-likeness (QED) is 0.849. The second-order valence-electron chi connectivity index (χ2n) is 6.20. The number of ether oxygens (including phenoxy) is 1. The molecule has 128 valence electrons. The predicted octanol–water partition coefficient (Wildman–Crippen LogP) is 1.73. The van der Waals surface area contributed by atoms with E-state index in [9.17, 15) is 4.79 Å². The number of carbonyl (C=O) groups excluding carboxylic acids is 1. The minimum atomic E-state index is -0.433. The van der Waals surface area contributed by atoms with Gasteiger partial charge in [-0.3, -0.25) is 0 Å². The van der Waals surface area contributed by atoms with Gasteiger partial charge in [-0.05, 0) is 24.3 Å². The van der Waals surface area contributed by atoms with E-state index >= 15 is 0 Å². The summed E-state index contributed by atoms with van der Waals surface area (Å²) in [5.41, 5.74) is 2.34. The first-order chi connectivity index (χ1) is 11.5. The summed E-state index contributed by atoms with van der Waals surface area (Å²) in [6, 6.07) is 17.6.